The molecule has 0 unspecified atom stereocenters. The normalized spacial score (nSPS) is 11.3. The van der Waals surface area contributed by atoms with Crippen molar-refractivity contribution in [1.82, 2.24) is 19.9 Å². The molecular formula is C48H44Cl4F4N4O4. The molecule has 0 aliphatic rings. The molecule has 8 aromatic rings. The van der Waals surface area contributed by atoms with Gasteiger partial charge >= 0.3 is 0 Å². The van der Waals surface area contributed by atoms with E-state index in [2.05, 4.69) is 19.9 Å². The topological polar surface area (TPSA) is 132 Å². The van der Waals surface area contributed by atoms with Gasteiger partial charge in [-0.2, -0.15) is 0 Å². The summed E-state index contributed by atoms with van der Waals surface area (Å²) in [6, 6.07) is 17.2. The molecule has 0 amide bonds. The number of hydrogen-bond acceptors (Lipinski definition) is 6. The summed E-state index contributed by atoms with van der Waals surface area (Å²) in [4.78, 5) is 36.8. The minimum Gasteiger partial charge on any atom is -0.507 e. The molecule has 0 aliphatic heterocycles. The summed E-state index contributed by atoms with van der Waals surface area (Å²) < 4.78 is 53.2. The molecule has 0 radical (unpaired) electrons. The summed E-state index contributed by atoms with van der Waals surface area (Å²) in [5, 5.41) is 23.1. The highest BCUT2D eigenvalue weighted by molar-refractivity contribution is 6.40. The molecule has 64 heavy (non-hydrogen) atoms. The molecule has 0 atom stereocenters. The average Bonchev–Trinajstić information content (AvgIpc) is 3.17. The molecule has 0 saturated heterocycles. The first kappa shape index (κ1) is 49.6. The van der Waals surface area contributed by atoms with Crippen molar-refractivity contribution < 1.29 is 27.8 Å². The van der Waals surface area contributed by atoms with E-state index in [0.29, 0.717) is 64.3 Å². The van der Waals surface area contributed by atoms with Crippen molar-refractivity contribution in [3.8, 4) is 11.5 Å². The number of benzene rings is 4. The van der Waals surface area contributed by atoms with Crippen LogP contribution in [-0.2, 0) is 0 Å². The van der Waals surface area contributed by atoms with Gasteiger partial charge in [-0.05, 0) is 78.3 Å². The van der Waals surface area contributed by atoms with Gasteiger partial charge in [0.15, 0.2) is 0 Å². The Hall–Kier alpha value is -5.40. The van der Waals surface area contributed by atoms with Crippen molar-refractivity contribution in [2.45, 2.75) is 79.1 Å². The first-order valence-corrected chi connectivity index (χ1v) is 21.5. The van der Waals surface area contributed by atoms with Crippen LogP contribution < -0.4 is 11.1 Å². The van der Waals surface area contributed by atoms with Gasteiger partial charge in [0.25, 0.3) is 11.1 Å². The first-order valence-electron chi connectivity index (χ1n) is 20.0. The van der Waals surface area contributed by atoms with Crippen LogP contribution in [-0.4, -0.2) is 30.1 Å². The fourth-order valence-electron chi connectivity index (χ4n) is 7.02. The molecule has 0 aliphatic carbocycles. The maximum Gasteiger partial charge on any atom is 0.255 e. The predicted molar refractivity (Wildman–Crippen MR) is 252 cm³/mol. The van der Waals surface area contributed by atoms with E-state index in [4.69, 9.17) is 46.4 Å². The molecule has 8 rings (SSSR count). The summed E-state index contributed by atoms with van der Waals surface area (Å²) >= 11 is 24.5. The van der Waals surface area contributed by atoms with E-state index >= 15 is 0 Å². The van der Waals surface area contributed by atoms with Gasteiger partial charge in [0.2, 0.25) is 0 Å². The van der Waals surface area contributed by atoms with Crippen LogP contribution in [0.15, 0.2) is 82.4 Å². The van der Waals surface area contributed by atoms with Crippen LogP contribution in [0.4, 0.5) is 17.6 Å². The van der Waals surface area contributed by atoms with Crippen LogP contribution in [0.2, 0.25) is 20.4 Å². The standard InChI is InChI=1S/2C12H10Cl2FN.2C12H12FNO2/c1-6(2)10-11(13)8-4-3-7(15)5-9(8)16-12(10)14;1-6(2)9-11(13)10-7(15)4-3-5-8(10)16-12(9)14;1-6(2)10-11(15)8-4-3-7(13)5-9(8)14-12(10)16;1-6(2)9-11(15)10-7(13)4-3-5-8(10)14-12(9)16/h2*3-6H,1-2H3;2*3-6H,1-2H3,(H2,14,15,16). The highest BCUT2D eigenvalue weighted by Crippen LogP contribution is 2.38. The second kappa shape index (κ2) is 20.6. The van der Waals surface area contributed by atoms with E-state index in [0.717, 1.165) is 10.9 Å². The third-order valence-electron chi connectivity index (χ3n) is 10.1. The number of rotatable bonds is 4. The fraction of sp³-hybridized carbons (Fsp3) is 0.250. The van der Waals surface area contributed by atoms with Crippen LogP contribution >= 0.6 is 46.4 Å². The van der Waals surface area contributed by atoms with Gasteiger partial charge in [-0.3, -0.25) is 9.59 Å². The van der Waals surface area contributed by atoms with Crippen LogP contribution in [0.5, 0.6) is 11.5 Å². The lowest BCUT2D eigenvalue weighted by molar-refractivity contribution is 0.466. The summed E-state index contributed by atoms with van der Waals surface area (Å²) in [7, 11) is 0. The third kappa shape index (κ3) is 10.6. The lowest BCUT2D eigenvalue weighted by Crippen LogP contribution is -2.14. The fourth-order valence-corrected chi connectivity index (χ4v) is 8.89. The molecule has 8 nitrogen and oxygen atoms in total. The van der Waals surface area contributed by atoms with Gasteiger partial charge < -0.3 is 20.2 Å². The van der Waals surface area contributed by atoms with Gasteiger partial charge in [0.1, 0.15) is 45.1 Å². The largest absolute Gasteiger partial charge is 0.507 e. The zero-order valence-electron chi connectivity index (χ0n) is 35.9. The molecule has 0 bridgehead atoms. The Balaban J connectivity index is 0.000000161. The molecule has 0 spiro atoms. The van der Waals surface area contributed by atoms with Crippen LogP contribution in [0.25, 0.3) is 43.6 Å². The number of nitrogens with zero attached hydrogens (tertiary/aromatic N) is 2. The lowest BCUT2D eigenvalue weighted by atomic mass is 10.0. The number of hydrogen-bond donors (Lipinski definition) is 4. The second-order valence-corrected chi connectivity index (χ2v) is 17.4. The number of halogens is 8. The second-order valence-electron chi connectivity index (χ2n) is 16.0. The van der Waals surface area contributed by atoms with Crippen molar-refractivity contribution in [1.29, 1.82) is 0 Å². The number of nitrogens with one attached hydrogen (secondary N) is 2. The monoisotopic (exact) mass is 956 g/mol. The van der Waals surface area contributed by atoms with E-state index < -0.39 is 11.6 Å². The number of pyridine rings is 4. The maximum absolute atomic E-state index is 13.7. The Bertz CT molecular complexity index is 3130. The van der Waals surface area contributed by atoms with Gasteiger partial charge in [0, 0.05) is 28.0 Å². The van der Waals surface area contributed by atoms with Gasteiger partial charge in [-0.15, -0.1) is 0 Å². The Morgan fingerprint density at radius 2 is 0.953 bits per heavy atom. The van der Waals surface area contributed by atoms with Crippen molar-refractivity contribution >= 4 is 90.0 Å². The minimum atomic E-state index is -0.534. The molecule has 4 aromatic carbocycles. The van der Waals surface area contributed by atoms with Gasteiger partial charge in [0.05, 0.1) is 54.0 Å². The van der Waals surface area contributed by atoms with E-state index in [1.54, 1.807) is 38.1 Å². The summed E-state index contributed by atoms with van der Waals surface area (Å²) in [6.45, 7) is 15.1. The summed E-state index contributed by atoms with van der Waals surface area (Å²) in [6.07, 6.45) is 0. The van der Waals surface area contributed by atoms with Crippen LogP contribution in [0.3, 0.4) is 0 Å². The maximum atomic E-state index is 13.7. The molecule has 4 N–H and O–H groups in total. The van der Waals surface area contributed by atoms with E-state index in [-0.39, 0.29) is 68.9 Å². The smallest absolute Gasteiger partial charge is 0.255 e. The van der Waals surface area contributed by atoms with Gasteiger partial charge in [-0.25, -0.2) is 27.5 Å². The summed E-state index contributed by atoms with van der Waals surface area (Å²) in [5.74, 6) is -1.96. The van der Waals surface area contributed by atoms with Gasteiger partial charge in [-0.1, -0.05) is 114 Å². The minimum absolute atomic E-state index is 0.0613. The van der Waals surface area contributed by atoms with Crippen LogP contribution in [0.1, 0.15) is 101 Å². The Morgan fingerprint density at radius 1 is 0.500 bits per heavy atom. The number of aromatic amines is 2. The SMILES string of the molecule is CC(C)c1c(Cl)nc2cc(F)ccc2c1Cl.CC(C)c1c(Cl)nc2cccc(F)c2c1Cl.CC(C)c1c(O)c2c(F)cccc2[nH]c1=O.CC(C)c1c(O)c2ccc(F)cc2[nH]c1=O. The van der Waals surface area contributed by atoms with Crippen molar-refractivity contribution in [3.63, 3.8) is 0 Å². The van der Waals surface area contributed by atoms with Crippen molar-refractivity contribution in [2.75, 3.05) is 0 Å². The molecular weight excluding hydrogens is 914 g/mol. The quantitative estimate of drug-likeness (QED) is 0.103. The molecule has 4 aromatic heterocycles. The number of fused-ring (bicyclic) bond motifs is 4. The Labute approximate surface area is 385 Å². The Kier molecular flexibility index (Phi) is 16.0. The van der Waals surface area contributed by atoms with Crippen molar-refractivity contribution in [3.05, 3.63) is 159 Å². The molecule has 4 heterocycles. The van der Waals surface area contributed by atoms with E-state index in [9.17, 15) is 37.4 Å². The third-order valence-corrected chi connectivity index (χ3v) is 11.4. The van der Waals surface area contributed by atoms with E-state index in [1.165, 1.54) is 48.5 Å². The number of aromatic hydroxyl groups is 2. The number of aromatic nitrogens is 4. The highest BCUT2D eigenvalue weighted by atomic mass is 35.5. The first-order chi connectivity index (χ1) is 30.0. The molecule has 16 heteroatoms. The van der Waals surface area contributed by atoms with Crippen LogP contribution in [0, 0.1) is 23.3 Å². The van der Waals surface area contributed by atoms with Crippen molar-refractivity contribution in [2.24, 2.45) is 0 Å². The number of H-pyrrole nitrogens is 2. The van der Waals surface area contributed by atoms with E-state index in [1.807, 2.05) is 41.5 Å². The Morgan fingerprint density at radius 3 is 1.52 bits per heavy atom. The molecule has 0 saturated carbocycles. The highest BCUT2D eigenvalue weighted by Gasteiger charge is 2.20. The lowest BCUT2D eigenvalue weighted by Gasteiger charge is -2.12. The zero-order chi connectivity index (χ0) is 47.5. The summed E-state index contributed by atoms with van der Waals surface area (Å²) in [5.41, 5.74) is 2.91. The average molecular weight is 959 g/mol. The molecule has 0 fully saturated rings. The zero-order valence-corrected chi connectivity index (χ0v) is 38.9. The predicted octanol–water partition coefficient (Wildman–Crippen LogP) is 14.6. The molecule has 336 valence electrons.